The molecule has 0 radical (unpaired) electrons. The van der Waals surface area contributed by atoms with E-state index in [0.29, 0.717) is 87.6 Å². The van der Waals surface area contributed by atoms with Crippen molar-refractivity contribution in [1.29, 1.82) is 0 Å². The fraction of sp³-hybridized carbons (Fsp3) is 0.444. The van der Waals surface area contributed by atoms with Gasteiger partial charge in [-0.1, -0.05) is 66.2 Å². The van der Waals surface area contributed by atoms with Crippen LogP contribution >= 0.6 is 8.25 Å². The number of ether oxygens (including phenoxy) is 4. The van der Waals surface area contributed by atoms with E-state index in [2.05, 4.69) is 31.1 Å². The normalized spacial score (nSPS) is 14.0. The lowest BCUT2D eigenvalue weighted by Gasteiger charge is -2.32. The molecular formula is C72H90N8O19P+. The van der Waals surface area contributed by atoms with Crippen LogP contribution in [0.3, 0.4) is 0 Å². The largest absolute Gasteiger partial charge is 0.805 e. The minimum absolute atomic E-state index is 0.0502. The average molecular weight is 1400 g/mol. The van der Waals surface area contributed by atoms with Crippen LogP contribution in [-0.4, -0.2) is 150 Å². The Morgan fingerprint density at radius 3 is 1.23 bits per heavy atom. The van der Waals surface area contributed by atoms with E-state index in [1.807, 2.05) is 38.1 Å². The number of nitrogens with one attached hydrogen (secondary N) is 4. The van der Waals surface area contributed by atoms with Crippen molar-refractivity contribution in [1.82, 2.24) is 31.4 Å². The number of rotatable bonds is 40. The minimum atomic E-state index is -2.96. The number of carbonyl (C=O) groups is 8. The van der Waals surface area contributed by atoms with Crippen molar-refractivity contribution >= 4 is 68.0 Å². The standard InChI is InChI=1S/C72H89N8O19P/c1-7-13-15-17-59(61(9-3)79(47-81)96-71(87)49-19-23-53(24-20-49)77-31-35-90-36-32-77)67(83)73-45-75-69(85)65-29-27-63(94-65)51-39-55(92-11-5)43-57(41-51)98-100(89)99-58-42-52(40-56(44-58)93-12-6)64-28-30-66(95-64)70(86)76-46-74-68(84)60(18-16-14-8-2)62(10-4)80(48-82)97-72(88)50-21-25-54(26-22-50)78-33-37-91-38-34-78/h19-30,39-44,47-48,59-62H,7-18,31-38,45-46H2,1-6H3,(H3-,73,74,75,76,83,84,85,86)/p+1/t59-,60-,61-,62-/m1/s1. The number of amides is 6. The number of hydroxylamine groups is 4. The average Bonchev–Trinajstić information content (AvgIpc) is 1.62. The van der Waals surface area contributed by atoms with Crippen molar-refractivity contribution in [2.24, 2.45) is 11.8 Å². The van der Waals surface area contributed by atoms with E-state index in [9.17, 15) is 42.9 Å². The zero-order valence-electron chi connectivity index (χ0n) is 57.4. The Hall–Kier alpha value is -9.98. The summed E-state index contributed by atoms with van der Waals surface area (Å²) in [6.07, 6.45) is 6.75. The first-order chi connectivity index (χ1) is 48.6. The first-order valence-corrected chi connectivity index (χ1v) is 35.2. The van der Waals surface area contributed by atoms with Crippen LogP contribution in [0.25, 0.3) is 22.6 Å². The molecular weight excluding hydrogens is 1310 g/mol. The summed E-state index contributed by atoms with van der Waals surface area (Å²) in [5.74, 6) is -4.48. The van der Waals surface area contributed by atoms with Crippen LogP contribution in [0.5, 0.6) is 23.0 Å². The molecule has 4 N–H and O–H groups in total. The number of benzene rings is 4. The Balaban J connectivity index is 0.854. The van der Waals surface area contributed by atoms with Gasteiger partial charge in [-0.15, -0.1) is 0 Å². The van der Waals surface area contributed by atoms with E-state index in [0.717, 1.165) is 73.4 Å². The van der Waals surface area contributed by atoms with Gasteiger partial charge >= 0.3 is 20.2 Å². The molecule has 0 aliphatic carbocycles. The molecule has 2 aromatic heterocycles. The van der Waals surface area contributed by atoms with Crippen molar-refractivity contribution in [3.63, 3.8) is 0 Å². The van der Waals surface area contributed by atoms with E-state index in [4.69, 9.17) is 46.5 Å². The summed E-state index contributed by atoms with van der Waals surface area (Å²) in [7, 11) is -2.96. The third-order valence-electron chi connectivity index (χ3n) is 16.9. The molecule has 4 aromatic carbocycles. The smallest absolute Gasteiger partial charge is 0.494 e. The quantitative estimate of drug-likeness (QED) is 0.00913. The number of unbranched alkanes of at least 4 members (excludes halogenated alkanes) is 4. The third kappa shape index (κ3) is 21.5. The first-order valence-electron chi connectivity index (χ1n) is 34.1. The number of nitrogens with zero attached hydrogens (tertiary/aromatic N) is 4. The lowest BCUT2D eigenvalue weighted by Crippen LogP contribution is -2.49. The number of hydrogen-bond donors (Lipinski definition) is 4. The number of morpholine rings is 2. The molecule has 2 fully saturated rings. The molecule has 0 bridgehead atoms. The molecule has 536 valence electrons. The molecule has 8 rings (SSSR count). The maximum Gasteiger partial charge on any atom is 0.805 e. The molecule has 27 nitrogen and oxygen atoms in total. The van der Waals surface area contributed by atoms with Crippen LogP contribution in [0.2, 0.25) is 0 Å². The van der Waals surface area contributed by atoms with E-state index in [1.54, 1.807) is 76.2 Å². The van der Waals surface area contributed by atoms with Crippen molar-refractivity contribution in [2.45, 2.75) is 118 Å². The Bertz CT molecular complexity index is 3450. The Kier molecular flexibility index (Phi) is 29.5. The maximum atomic E-state index is 13.9. The van der Waals surface area contributed by atoms with Gasteiger partial charge in [-0.3, -0.25) is 28.8 Å². The topological polar surface area (TPSA) is 315 Å². The molecule has 28 heteroatoms. The van der Waals surface area contributed by atoms with E-state index < -0.39 is 67.7 Å². The first kappa shape index (κ1) is 75.8. The molecule has 4 atom stereocenters. The Morgan fingerprint density at radius 2 is 0.880 bits per heavy atom. The summed E-state index contributed by atoms with van der Waals surface area (Å²) in [6, 6.07) is 27.3. The van der Waals surface area contributed by atoms with Crippen molar-refractivity contribution in [3.8, 4) is 45.6 Å². The summed E-state index contributed by atoms with van der Waals surface area (Å²) in [4.78, 5) is 122. The second-order valence-corrected chi connectivity index (χ2v) is 24.4. The summed E-state index contributed by atoms with van der Waals surface area (Å²) < 4.78 is 59.9. The summed E-state index contributed by atoms with van der Waals surface area (Å²) >= 11 is 0. The number of anilines is 2. The van der Waals surface area contributed by atoms with E-state index in [-0.39, 0.29) is 85.1 Å². The van der Waals surface area contributed by atoms with Gasteiger partial charge in [0.05, 0.1) is 88.0 Å². The highest BCUT2D eigenvalue weighted by molar-refractivity contribution is 7.34. The highest BCUT2D eigenvalue weighted by Gasteiger charge is 2.36. The Labute approximate surface area is 582 Å². The molecule has 0 saturated carbocycles. The van der Waals surface area contributed by atoms with Crippen LogP contribution in [0.4, 0.5) is 11.4 Å². The van der Waals surface area contributed by atoms with Gasteiger partial charge < -0.3 is 68.5 Å². The van der Waals surface area contributed by atoms with Crippen molar-refractivity contribution in [2.75, 3.05) is 89.0 Å². The summed E-state index contributed by atoms with van der Waals surface area (Å²) in [5.41, 5.74) is 3.06. The van der Waals surface area contributed by atoms with Gasteiger partial charge in [0, 0.05) is 65.4 Å². The molecule has 100 heavy (non-hydrogen) atoms. The fourth-order valence-corrected chi connectivity index (χ4v) is 12.3. The van der Waals surface area contributed by atoms with Crippen LogP contribution in [0.15, 0.2) is 118 Å². The molecule has 4 heterocycles. The fourth-order valence-electron chi connectivity index (χ4n) is 11.7. The van der Waals surface area contributed by atoms with Gasteiger partial charge in [-0.2, -0.15) is 10.1 Å². The SMILES string of the molecule is CCCCC[C@@H](C(=O)NCNC(=O)c1ccc(-c2cc(OCC)cc(O[P+](=O)Oc3cc(OCC)cc(-c4ccc(C(=O)NCNC(=O)[C@H](CCCCC)[C@@H](CC)N(C=O)OC(=O)c5ccc(N6CCOCC6)cc5)o4)c3)c2)o1)[C@@H](CC)N(C=O)OC(=O)c1ccc(N2CCOCC2)cc1. The molecule has 6 aromatic rings. The molecule has 2 aliphatic heterocycles. The van der Waals surface area contributed by atoms with Crippen molar-refractivity contribution in [3.05, 3.63) is 132 Å². The van der Waals surface area contributed by atoms with Crippen LogP contribution in [0.1, 0.15) is 148 Å². The summed E-state index contributed by atoms with van der Waals surface area (Å²) in [5, 5.41) is 12.6. The van der Waals surface area contributed by atoms with Crippen LogP contribution in [0, 0.1) is 11.8 Å². The maximum absolute atomic E-state index is 13.9. The third-order valence-corrected chi connectivity index (χ3v) is 17.6. The van der Waals surface area contributed by atoms with Gasteiger partial charge in [-0.25, -0.2) is 18.6 Å². The lowest BCUT2D eigenvalue weighted by atomic mass is 9.90. The lowest BCUT2D eigenvalue weighted by molar-refractivity contribution is -0.171. The second kappa shape index (κ2) is 39.0. The van der Waals surface area contributed by atoms with E-state index in [1.165, 1.54) is 36.4 Å². The predicted molar refractivity (Wildman–Crippen MR) is 369 cm³/mol. The molecule has 6 amide bonds. The molecule has 0 spiro atoms. The van der Waals surface area contributed by atoms with Crippen molar-refractivity contribution < 1.29 is 89.4 Å². The molecule has 2 saturated heterocycles. The highest BCUT2D eigenvalue weighted by atomic mass is 31.1. The van der Waals surface area contributed by atoms with Gasteiger partial charge in [0.2, 0.25) is 24.6 Å². The van der Waals surface area contributed by atoms with Gasteiger partial charge in [0.25, 0.3) is 11.8 Å². The number of furan rings is 2. The van der Waals surface area contributed by atoms with Gasteiger partial charge in [-0.05, 0) is 137 Å². The predicted octanol–water partition coefficient (Wildman–Crippen LogP) is 10.8. The summed E-state index contributed by atoms with van der Waals surface area (Å²) in [6.45, 7) is 16.3. The number of hydrogen-bond acceptors (Lipinski definition) is 21. The van der Waals surface area contributed by atoms with Crippen LogP contribution < -0.4 is 49.6 Å². The van der Waals surface area contributed by atoms with Crippen LogP contribution in [-0.2, 0) is 42.9 Å². The zero-order valence-corrected chi connectivity index (χ0v) is 58.3. The number of carbonyl (C=O) groups excluding carboxylic acids is 8. The molecule has 2 aliphatic rings. The van der Waals surface area contributed by atoms with E-state index >= 15 is 0 Å². The highest BCUT2D eigenvalue weighted by Crippen LogP contribution is 2.40. The Morgan fingerprint density at radius 1 is 0.500 bits per heavy atom. The molecule has 0 unspecified atom stereocenters. The zero-order chi connectivity index (χ0) is 71.3. The van der Waals surface area contributed by atoms with Gasteiger partial charge in [0.15, 0.2) is 23.0 Å². The minimum Gasteiger partial charge on any atom is -0.494 e. The van der Waals surface area contributed by atoms with Gasteiger partial charge in [0.1, 0.15) is 23.0 Å². The monoisotopic (exact) mass is 1400 g/mol. The second-order valence-electron chi connectivity index (χ2n) is 23.6.